The van der Waals surface area contributed by atoms with Crippen LogP contribution in [0.4, 0.5) is 5.69 Å². The zero-order valence-electron chi connectivity index (χ0n) is 12.3. The second kappa shape index (κ2) is 4.81. The standard InChI is InChI=1S/C17H16N2O2/c1-10-5-4-8-18-13(10)9-19-15-12(3)7-6-11(2)14(15)16(20)17(19)21/h4-8H,9H2,1-3H3. The van der Waals surface area contributed by atoms with Gasteiger partial charge in [0.2, 0.25) is 0 Å². The molecule has 0 fully saturated rings. The van der Waals surface area contributed by atoms with Crippen LogP contribution >= 0.6 is 0 Å². The lowest BCUT2D eigenvalue weighted by atomic mass is 10.0. The molecule has 1 aromatic heterocycles. The van der Waals surface area contributed by atoms with E-state index in [1.54, 1.807) is 11.1 Å². The summed E-state index contributed by atoms with van der Waals surface area (Å²) >= 11 is 0. The van der Waals surface area contributed by atoms with E-state index in [2.05, 4.69) is 4.98 Å². The SMILES string of the molecule is Cc1cccnc1CN1C(=O)C(=O)c2c(C)ccc(C)c21. The smallest absolute Gasteiger partial charge is 0.298 e. The third-order valence-electron chi connectivity index (χ3n) is 3.95. The van der Waals surface area contributed by atoms with Gasteiger partial charge in [-0.05, 0) is 43.5 Å². The molecule has 0 N–H and O–H groups in total. The molecule has 4 nitrogen and oxygen atoms in total. The highest BCUT2D eigenvalue weighted by Crippen LogP contribution is 2.35. The average Bonchev–Trinajstić information content (AvgIpc) is 2.71. The molecule has 1 aliphatic heterocycles. The first kappa shape index (κ1) is 13.5. The van der Waals surface area contributed by atoms with E-state index < -0.39 is 11.7 Å². The van der Waals surface area contributed by atoms with E-state index in [0.717, 1.165) is 28.1 Å². The number of rotatable bonds is 2. The number of carbonyl (C=O) groups excluding carboxylic acids is 2. The highest BCUT2D eigenvalue weighted by Gasteiger charge is 2.38. The molecule has 2 heterocycles. The molecular formula is C17H16N2O2. The lowest BCUT2D eigenvalue weighted by Gasteiger charge is -2.19. The van der Waals surface area contributed by atoms with Crippen LogP contribution in [-0.2, 0) is 11.3 Å². The van der Waals surface area contributed by atoms with Crippen LogP contribution in [0.25, 0.3) is 0 Å². The zero-order valence-corrected chi connectivity index (χ0v) is 12.3. The van der Waals surface area contributed by atoms with E-state index in [0.29, 0.717) is 12.1 Å². The van der Waals surface area contributed by atoms with Gasteiger partial charge >= 0.3 is 0 Å². The van der Waals surface area contributed by atoms with E-state index in [9.17, 15) is 9.59 Å². The molecule has 0 saturated carbocycles. The summed E-state index contributed by atoms with van der Waals surface area (Å²) < 4.78 is 0. The molecule has 0 unspecified atom stereocenters. The molecule has 0 spiro atoms. The van der Waals surface area contributed by atoms with Crippen molar-refractivity contribution in [2.24, 2.45) is 0 Å². The van der Waals surface area contributed by atoms with Gasteiger partial charge in [-0.3, -0.25) is 19.5 Å². The Bertz CT molecular complexity index is 765. The minimum atomic E-state index is -0.465. The Balaban J connectivity index is 2.10. The highest BCUT2D eigenvalue weighted by molar-refractivity contribution is 6.52. The van der Waals surface area contributed by atoms with Crippen molar-refractivity contribution in [3.05, 3.63) is 58.4 Å². The summed E-state index contributed by atoms with van der Waals surface area (Å²) in [6, 6.07) is 7.64. The topological polar surface area (TPSA) is 50.3 Å². The molecule has 21 heavy (non-hydrogen) atoms. The minimum Gasteiger partial charge on any atom is -0.298 e. The maximum absolute atomic E-state index is 12.3. The Hall–Kier alpha value is -2.49. The lowest BCUT2D eigenvalue weighted by Crippen LogP contribution is -2.30. The predicted octanol–water partition coefficient (Wildman–Crippen LogP) is 2.74. The van der Waals surface area contributed by atoms with Crippen LogP contribution in [-0.4, -0.2) is 16.7 Å². The Morgan fingerprint density at radius 3 is 2.43 bits per heavy atom. The van der Waals surface area contributed by atoms with E-state index in [1.807, 2.05) is 45.0 Å². The fourth-order valence-electron chi connectivity index (χ4n) is 2.75. The number of nitrogens with zero attached hydrogens (tertiary/aromatic N) is 2. The van der Waals surface area contributed by atoms with Gasteiger partial charge in [0, 0.05) is 6.20 Å². The molecule has 3 rings (SSSR count). The van der Waals surface area contributed by atoms with Crippen molar-refractivity contribution in [2.75, 3.05) is 4.90 Å². The number of anilines is 1. The van der Waals surface area contributed by atoms with E-state index in [-0.39, 0.29) is 0 Å². The van der Waals surface area contributed by atoms with Crippen LogP contribution in [0.5, 0.6) is 0 Å². The normalized spacial score (nSPS) is 13.8. The molecule has 1 aliphatic rings. The predicted molar refractivity (Wildman–Crippen MR) is 80.4 cm³/mol. The highest BCUT2D eigenvalue weighted by atomic mass is 16.2. The van der Waals surface area contributed by atoms with Crippen molar-refractivity contribution < 1.29 is 9.59 Å². The quantitative estimate of drug-likeness (QED) is 0.795. The molecule has 2 aromatic rings. The summed E-state index contributed by atoms with van der Waals surface area (Å²) in [5.41, 5.74) is 4.87. The number of aromatic nitrogens is 1. The first-order valence-corrected chi connectivity index (χ1v) is 6.87. The van der Waals surface area contributed by atoms with Crippen molar-refractivity contribution in [3.63, 3.8) is 0 Å². The van der Waals surface area contributed by atoms with Gasteiger partial charge in [-0.2, -0.15) is 0 Å². The van der Waals surface area contributed by atoms with Crippen LogP contribution in [0.15, 0.2) is 30.5 Å². The summed E-state index contributed by atoms with van der Waals surface area (Å²) in [6.07, 6.45) is 1.70. The molecule has 0 atom stereocenters. The summed E-state index contributed by atoms with van der Waals surface area (Å²) in [5.74, 6) is -0.882. The first-order chi connectivity index (χ1) is 10.0. The lowest BCUT2D eigenvalue weighted by molar-refractivity contribution is -0.114. The number of fused-ring (bicyclic) bond motifs is 1. The molecular weight excluding hydrogens is 264 g/mol. The maximum Gasteiger partial charge on any atom is 0.299 e. The number of ketones is 1. The minimum absolute atomic E-state index is 0.328. The summed E-state index contributed by atoms with van der Waals surface area (Å²) in [4.78, 5) is 30.4. The zero-order chi connectivity index (χ0) is 15.1. The molecule has 106 valence electrons. The third-order valence-corrected chi connectivity index (χ3v) is 3.95. The van der Waals surface area contributed by atoms with E-state index in [1.165, 1.54) is 0 Å². The molecule has 0 aliphatic carbocycles. The van der Waals surface area contributed by atoms with E-state index in [4.69, 9.17) is 0 Å². The van der Waals surface area contributed by atoms with Crippen molar-refractivity contribution in [2.45, 2.75) is 27.3 Å². The monoisotopic (exact) mass is 280 g/mol. The Morgan fingerprint density at radius 1 is 1.00 bits per heavy atom. The van der Waals surface area contributed by atoms with Crippen molar-refractivity contribution in [3.8, 4) is 0 Å². The van der Waals surface area contributed by atoms with Crippen LogP contribution in [0.1, 0.15) is 32.7 Å². The molecule has 0 bridgehead atoms. The van der Waals surface area contributed by atoms with Crippen molar-refractivity contribution in [1.82, 2.24) is 4.98 Å². The number of benzene rings is 1. The Kier molecular flexibility index (Phi) is 3.09. The molecule has 1 amide bonds. The Morgan fingerprint density at radius 2 is 1.71 bits per heavy atom. The van der Waals surface area contributed by atoms with Crippen LogP contribution < -0.4 is 4.90 Å². The number of aryl methyl sites for hydroxylation is 3. The van der Waals surface area contributed by atoms with Gasteiger partial charge in [0.1, 0.15) is 0 Å². The van der Waals surface area contributed by atoms with Gasteiger partial charge in [0.25, 0.3) is 11.7 Å². The molecule has 0 saturated heterocycles. The van der Waals surface area contributed by atoms with Gasteiger partial charge < -0.3 is 0 Å². The Labute approximate surface area is 123 Å². The number of hydrogen-bond acceptors (Lipinski definition) is 3. The fraction of sp³-hybridized carbons (Fsp3) is 0.235. The van der Waals surface area contributed by atoms with Gasteiger partial charge in [0.15, 0.2) is 0 Å². The third kappa shape index (κ3) is 2.03. The maximum atomic E-state index is 12.3. The fourth-order valence-corrected chi connectivity index (χ4v) is 2.75. The van der Waals surface area contributed by atoms with E-state index >= 15 is 0 Å². The number of amides is 1. The summed E-state index contributed by atoms with van der Waals surface area (Å²) in [6.45, 7) is 6.06. The van der Waals surface area contributed by atoms with Gasteiger partial charge in [-0.1, -0.05) is 18.2 Å². The second-order valence-electron chi connectivity index (χ2n) is 5.41. The molecule has 0 radical (unpaired) electrons. The van der Waals surface area contributed by atoms with Gasteiger partial charge in [-0.25, -0.2) is 0 Å². The number of carbonyl (C=O) groups is 2. The first-order valence-electron chi connectivity index (χ1n) is 6.87. The summed E-state index contributed by atoms with van der Waals surface area (Å²) in [5, 5.41) is 0. The molecule has 4 heteroatoms. The largest absolute Gasteiger partial charge is 0.299 e. The number of pyridine rings is 1. The molecule has 1 aromatic carbocycles. The van der Waals surface area contributed by atoms with Gasteiger partial charge in [0.05, 0.1) is 23.5 Å². The number of hydrogen-bond donors (Lipinski definition) is 0. The second-order valence-corrected chi connectivity index (χ2v) is 5.41. The average molecular weight is 280 g/mol. The number of Topliss-reactive ketones (excluding diaryl/α,β-unsaturated/α-hetero) is 1. The van der Waals surface area contributed by atoms with Gasteiger partial charge in [-0.15, -0.1) is 0 Å². The van der Waals surface area contributed by atoms with Crippen molar-refractivity contribution in [1.29, 1.82) is 0 Å². The van der Waals surface area contributed by atoms with Crippen LogP contribution in [0.2, 0.25) is 0 Å². The van der Waals surface area contributed by atoms with Crippen LogP contribution in [0, 0.1) is 20.8 Å². The summed E-state index contributed by atoms with van der Waals surface area (Å²) in [7, 11) is 0. The van der Waals surface area contributed by atoms with Crippen molar-refractivity contribution >= 4 is 17.4 Å². The van der Waals surface area contributed by atoms with Crippen LogP contribution in [0.3, 0.4) is 0 Å².